The molecule has 0 rings (SSSR count). The van der Waals surface area contributed by atoms with Gasteiger partial charge in [0, 0.05) is 12.1 Å². The summed E-state index contributed by atoms with van der Waals surface area (Å²) in [7, 11) is 0. The van der Waals surface area contributed by atoms with E-state index in [9.17, 15) is 0 Å². The van der Waals surface area contributed by atoms with Crippen LogP contribution >= 0.6 is 0 Å². The van der Waals surface area contributed by atoms with Crippen LogP contribution < -0.4 is 5.73 Å². The fourth-order valence-electron chi connectivity index (χ4n) is 0.954. The van der Waals surface area contributed by atoms with Gasteiger partial charge < -0.3 is 10.8 Å². The van der Waals surface area contributed by atoms with Crippen molar-refractivity contribution >= 4 is 0 Å². The highest BCUT2D eigenvalue weighted by atomic mass is 16.3. The SMILES string of the molecule is CCC(C)C(C)(N)CCO. The Morgan fingerprint density at radius 2 is 2.10 bits per heavy atom. The van der Waals surface area contributed by atoms with Gasteiger partial charge in [0.05, 0.1) is 0 Å². The average Bonchev–Trinajstić information content (AvgIpc) is 1.86. The van der Waals surface area contributed by atoms with Crippen molar-refractivity contribution < 1.29 is 5.11 Å². The molecule has 0 aliphatic carbocycles. The smallest absolute Gasteiger partial charge is 0.0448 e. The Kier molecular flexibility index (Phi) is 3.91. The average molecular weight is 145 g/mol. The lowest BCUT2D eigenvalue weighted by atomic mass is 9.84. The van der Waals surface area contributed by atoms with Crippen LogP contribution in [0.25, 0.3) is 0 Å². The van der Waals surface area contributed by atoms with E-state index in [1.807, 2.05) is 6.92 Å². The molecule has 0 radical (unpaired) electrons. The summed E-state index contributed by atoms with van der Waals surface area (Å²) in [5, 5.41) is 8.67. The van der Waals surface area contributed by atoms with Gasteiger partial charge in [-0.25, -0.2) is 0 Å². The number of aliphatic hydroxyl groups excluding tert-OH is 1. The van der Waals surface area contributed by atoms with Crippen LogP contribution in [-0.2, 0) is 0 Å². The number of hydrogen-bond acceptors (Lipinski definition) is 2. The van der Waals surface area contributed by atoms with E-state index >= 15 is 0 Å². The van der Waals surface area contributed by atoms with E-state index < -0.39 is 0 Å². The molecule has 0 aromatic carbocycles. The minimum absolute atomic E-state index is 0.191. The third kappa shape index (κ3) is 2.67. The molecule has 0 aliphatic rings. The van der Waals surface area contributed by atoms with Crippen LogP contribution in [0.15, 0.2) is 0 Å². The molecule has 0 amide bonds. The number of nitrogens with two attached hydrogens (primary N) is 1. The highest BCUT2D eigenvalue weighted by Gasteiger charge is 2.23. The zero-order valence-corrected chi connectivity index (χ0v) is 7.22. The van der Waals surface area contributed by atoms with Crippen molar-refractivity contribution in [3.63, 3.8) is 0 Å². The molecule has 62 valence electrons. The molecule has 0 aromatic rings. The van der Waals surface area contributed by atoms with Crippen molar-refractivity contribution in [2.75, 3.05) is 6.61 Å². The third-order valence-electron chi connectivity index (χ3n) is 2.39. The van der Waals surface area contributed by atoms with Crippen LogP contribution in [0.1, 0.15) is 33.6 Å². The van der Waals surface area contributed by atoms with Crippen LogP contribution in [0.3, 0.4) is 0 Å². The van der Waals surface area contributed by atoms with Crippen molar-refractivity contribution in [1.82, 2.24) is 0 Å². The van der Waals surface area contributed by atoms with Crippen LogP contribution in [0, 0.1) is 5.92 Å². The van der Waals surface area contributed by atoms with Gasteiger partial charge in [0.25, 0.3) is 0 Å². The second-order valence-electron chi connectivity index (χ2n) is 3.29. The maximum atomic E-state index is 8.67. The molecule has 0 heterocycles. The molecule has 0 saturated carbocycles. The Morgan fingerprint density at radius 3 is 2.40 bits per heavy atom. The first-order valence-electron chi connectivity index (χ1n) is 3.94. The second-order valence-corrected chi connectivity index (χ2v) is 3.29. The molecule has 10 heavy (non-hydrogen) atoms. The molecule has 0 aromatic heterocycles. The minimum Gasteiger partial charge on any atom is -0.396 e. The Hall–Kier alpha value is -0.0800. The van der Waals surface area contributed by atoms with E-state index in [1.165, 1.54) is 0 Å². The van der Waals surface area contributed by atoms with Gasteiger partial charge in [0.2, 0.25) is 0 Å². The zero-order chi connectivity index (χ0) is 8.20. The third-order valence-corrected chi connectivity index (χ3v) is 2.39. The van der Waals surface area contributed by atoms with E-state index in [1.54, 1.807) is 0 Å². The second kappa shape index (κ2) is 3.94. The van der Waals surface area contributed by atoms with E-state index in [0.717, 1.165) is 6.42 Å². The van der Waals surface area contributed by atoms with Gasteiger partial charge in [-0.1, -0.05) is 20.3 Å². The van der Waals surface area contributed by atoms with Crippen LogP contribution in [-0.4, -0.2) is 17.3 Å². The number of hydrogen-bond donors (Lipinski definition) is 2. The lowest BCUT2D eigenvalue weighted by Crippen LogP contribution is -2.43. The van der Waals surface area contributed by atoms with Crippen LogP contribution in [0.4, 0.5) is 0 Å². The molecule has 0 spiro atoms. The summed E-state index contributed by atoms with van der Waals surface area (Å²) in [6.45, 7) is 6.43. The molecule has 0 bridgehead atoms. The van der Waals surface area contributed by atoms with Crippen molar-refractivity contribution in [1.29, 1.82) is 0 Å². The summed E-state index contributed by atoms with van der Waals surface area (Å²) in [4.78, 5) is 0. The van der Waals surface area contributed by atoms with Crippen molar-refractivity contribution in [3.05, 3.63) is 0 Å². The molecular formula is C8H19NO. The summed E-state index contributed by atoms with van der Waals surface area (Å²) in [5.74, 6) is 0.486. The Balaban J connectivity index is 3.82. The minimum atomic E-state index is -0.191. The summed E-state index contributed by atoms with van der Waals surface area (Å²) in [6.07, 6.45) is 1.77. The van der Waals surface area contributed by atoms with E-state index in [4.69, 9.17) is 10.8 Å². The highest BCUT2D eigenvalue weighted by Crippen LogP contribution is 2.19. The van der Waals surface area contributed by atoms with E-state index in [-0.39, 0.29) is 12.1 Å². The van der Waals surface area contributed by atoms with E-state index in [0.29, 0.717) is 12.3 Å². The largest absolute Gasteiger partial charge is 0.396 e. The Bertz CT molecular complexity index is 91.3. The summed E-state index contributed by atoms with van der Waals surface area (Å²) in [6, 6.07) is 0. The van der Waals surface area contributed by atoms with Gasteiger partial charge in [-0.15, -0.1) is 0 Å². The fourth-order valence-corrected chi connectivity index (χ4v) is 0.954. The van der Waals surface area contributed by atoms with Crippen molar-refractivity contribution in [2.45, 2.75) is 39.2 Å². The summed E-state index contributed by atoms with van der Waals surface area (Å²) in [5.41, 5.74) is 5.73. The molecule has 0 aliphatic heterocycles. The predicted octanol–water partition coefficient (Wildman–Crippen LogP) is 1.13. The zero-order valence-electron chi connectivity index (χ0n) is 7.22. The quantitative estimate of drug-likeness (QED) is 0.623. The van der Waals surface area contributed by atoms with E-state index in [2.05, 4.69) is 13.8 Å². The Morgan fingerprint density at radius 1 is 1.60 bits per heavy atom. The molecule has 0 saturated heterocycles. The maximum absolute atomic E-state index is 8.67. The van der Waals surface area contributed by atoms with Gasteiger partial charge in [0.15, 0.2) is 0 Å². The Labute approximate surface area is 63.4 Å². The standard InChI is InChI=1S/C8H19NO/c1-4-7(2)8(3,9)5-6-10/h7,10H,4-6,9H2,1-3H3. The number of rotatable bonds is 4. The molecule has 2 heteroatoms. The van der Waals surface area contributed by atoms with Gasteiger partial charge in [0.1, 0.15) is 0 Å². The first kappa shape index (κ1) is 9.92. The van der Waals surface area contributed by atoms with Gasteiger partial charge in [-0.2, -0.15) is 0 Å². The molecule has 2 atom stereocenters. The highest BCUT2D eigenvalue weighted by molar-refractivity contribution is 4.82. The van der Waals surface area contributed by atoms with Crippen molar-refractivity contribution in [2.24, 2.45) is 11.7 Å². The van der Waals surface area contributed by atoms with Crippen molar-refractivity contribution in [3.8, 4) is 0 Å². The molecule has 2 nitrogen and oxygen atoms in total. The fraction of sp³-hybridized carbons (Fsp3) is 1.00. The molecule has 2 unspecified atom stereocenters. The van der Waals surface area contributed by atoms with Gasteiger partial charge >= 0.3 is 0 Å². The molecule has 0 fully saturated rings. The first-order chi connectivity index (χ1) is 4.54. The lowest BCUT2D eigenvalue weighted by molar-refractivity contribution is 0.205. The topological polar surface area (TPSA) is 46.2 Å². The molecule has 3 N–H and O–H groups in total. The normalized spacial score (nSPS) is 20.1. The first-order valence-corrected chi connectivity index (χ1v) is 3.94. The van der Waals surface area contributed by atoms with Crippen LogP contribution in [0.2, 0.25) is 0 Å². The summed E-state index contributed by atoms with van der Waals surface area (Å²) >= 11 is 0. The van der Waals surface area contributed by atoms with Gasteiger partial charge in [-0.05, 0) is 19.3 Å². The number of aliphatic hydroxyl groups is 1. The molecular weight excluding hydrogens is 126 g/mol. The lowest BCUT2D eigenvalue weighted by Gasteiger charge is -2.30. The maximum Gasteiger partial charge on any atom is 0.0448 e. The van der Waals surface area contributed by atoms with Crippen LogP contribution in [0.5, 0.6) is 0 Å². The monoisotopic (exact) mass is 145 g/mol. The predicted molar refractivity (Wildman–Crippen MR) is 43.8 cm³/mol. The summed E-state index contributed by atoms with van der Waals surface area (Å²) < 4.78 is 0. The van der Waals surface area contributed by atoms with Gasteiger partial charge in [-0.3, -0.25) is 0 Å².